The average molecular weight is 666 g/mol. The Bertz CT molecular complexity index is 1320. The standard InChI is InChI=1S/C26H33ClN2O5.C6H11NO3S/c1-16-7-5-6-8-18-14-19(33-25(31)28-18)15-22-26(2,34-22)10-9-23(30)29(3)20-12-17(11-16)13-21(32-4)24(20)27;1-7(4-6(9)10)5(8)2-3-11/h5-7,12-13,18-19,22H,8-11,14-15H2,1-4H3,(H,28,31);11H,2-4H2,1H3,(H,9,10)/b6-5+,16-7+;. The van der Waals surface area contributed by atoms with Crippen LogP contribution in [-0.4, -0.2) is 91.2 Å². The highest BCUT2D eigenvalue weighted by atomic mass is 35.5. The average Bonchev–Trinajstić information content (AvgIpc) is 3.62. The van der Waals surface area contributed by atoms with Crippen LogP contribution in [-0.2, 0) is 30.3 Å². The first-order valence-electron chi connectivity index (χ1n) is 14.9. The van der Waals surface area contributed by atoms with Crippen LogP contribution in [0.3, 0.4) is 0 Å². The third-order valence-corrected chi connectivity index (χ3v) is 8.67. The van der Waals surface area contributed by atoms with Crippen LogP contribution in [0, 0.1) is 0 Å². The van der Waals surface area contributed by atoms with Crippen LogP contribution in [0.25, 0.3) is 0 Å². The first-order valence-corrected chi connectivity index (χ1v) is 15.9. The summed E-state index contributed by atoms with van der Waals surface area (Å²) >= 11 is 10.4. The summed E-state index contributed by atoms with van der Waals surface area (Å²) < 4.78 is 17.0. The van der Waals surface area contributed by atoms with Gasteiger partial charge in [-0.15, -0.1) is 0 Å². The van der Waals surface area contributed by atoms with E-state index in [1.54, 1.807) is 19.1 Å². The molecule has 3 amide bonds. The van der Waals surface area contributed by atoms with E-state index in [0.29, 0.717) is 47.9 Å². The number of alkyl carbamates (subject to hydrolysis) is 1. The van der Waals surface area contributed by atoms with Gasteiger partial charge in [0.05, 0.1) is 24.5 Å². The Morgan fingerprint density at radius 1 is 1.29 bits per heavy atom. The number of hydrogen-bond donors (Lipinski definition) is 3. The van der Waals surface area contributed by atoms with E-state index in [9.17, 15) is 19.2 Å². The Labute approximate surface area is 275 Å². The molecule has 2 saturated heterocycles. The van der Waals surface area contributed by atoms with Crippen molar-refractivity contribution in [3.63, 3.8) is 0 Å². The zero-order valence-corrected chi connectivity index (χ0v) is 28.2. The molecule has 2 fully saturated rings. The summed E-state index contributed by atoms with van der Waals surface area (Å²) in [6.45, 7) is 3.83. The summed E-state index contributed by atoms with van der Waals surface area (Å²) in [6, 6.07) is 3.89. The van der Waals surface area contributed by atoms with Gasteiger partial charge >= 0.3 is 12.1 Å². The fraction of sp³-hybridized carbons (Fsp3) is 0.562. The third kappa shape index (κ3) is 10.7. The van der Waals surface area contributed by atoms with Gasteiger partial charge in [0.2, 0.25) is 11.8 Å². The molecule has 4 bridgehead atoms. The molecule has 0 aromatic heterocycles. The van der Waals surface area contributed by atoms with E-state index in [0.717, 1.165) is 24.0 Å². The number of allylic oxidation sites excluding steroid dienone is 3. The number of methoxy groups -OCH3 is 1. The highest BCUT2D eigenvalue weighted by molar-refractivity contribution is 7.80. The number of fused-ring (bicyclic) bond motifs is 5. The van der Waals surface area contributed by atoms with Gasteiger partial charge in [-0.25, -0.2) is 4.79 Å². The molecule has 13 heteroatoms. The normalized spacial score (nSPS) is 26.9. The minimum Gasteiger partial charge on any atom is -0.495 e. The van der Waals surface area contributed by atoms with Gasteiger partial charge in [0, 0.05) is 45.8 Å². The lowest BCUT2D eigenvalue weighted by molar-refractivity contribution is -0.143. The number of carbonyl (C=O) groups excluding carboxylic acids is 3. The number of halogens is 1. The summed E-state index contributed by atoms with van der Waals surface area (Å²) in [5, 5.41) is 11.6. The van der Waals surface area contributed by atoms with Crippen LogP contribution >= 0.6 is 24.2 Å². The molecule has 1 aromatic rings. The van der Waals surface area contributed by atoms with Gasteiger partial charge in [-0.2, -0.15) is 12.6 Å². The molecule has 1 aromatic carbocycles. The summed E-state index contributed by atoms with van der Waals surface area (Å²) in [4.78, 5) is 48.9. The first-order chi connectivity index (χ1) is 21.3. The number of hydrogen-bond acceptors (Lipinski definition) is 8. The van der Waals surface area contributed by atoms with Crippen molar-refractivity contribution >= 4 is 53.8 Å². The minimum atomic E-state index is -1.000. The molecule has 3 heterocycles. The first kappa shape index (κ1) is 36.3. The number of carboxylic acid groups (broad SMARTS) is 1. The summed E-state index contributed by atoms with van der Waals surface area (Å²) in [6.07, 6.45) is 9.54. The molecule has 0 spiro atoms. The zero-order valence-electron chi connectivity index (χ0n) is 26.5. The SMILES string of the molecule is CN(CC(=O)O)C(=O)CCS.COc1cc2cc(c1Cl)N(C)C(=O)CCC1(C)OC1CC1CC(C/C=C/C=C(\C)C2)NC(=O)O1. The van der Waals surface area contributed by atoms with E-state index < -0.39 is 11.6 Å². The maximum atomic E-state index is 13.1. The van der Waals surface area contributed by atoms with Crippen LogP contribution in [0.2, 0.25) is 5.02 Å². The Morgan fingerprint density at radius 2 is 2.02 bits per heavy atom. The maximum Gasteiger partial charge on any atom is 0.407 e. The quantitative estimate of drug-likeness (QED) is 0.301. The van der Waals surface area contributed by atoms with E-state index in [1.807, 2.05) is 25.1 Å². The molecule has 4 atom stereocenters. The lowest BCUT2D eigenvalue weighted by atomic mass is 9.94. The van der Waals surface area contributed by atoms with Gasteiger partial charge in [0.15, 0.2) is 0 Å². The van der Waals surface area contributed by atoms with Crippen molar-refractivity contribution < 1.29 is 38.5 Å². The number of aliphatic carboxylic acids is 1. The maximum absolute atomic E-state index is 13.1. The summed E-state index contributed by atoms with van der Waals surface area (Å²) in [7, 11) is 4.77. The van der Waals surface area contributed by atoms with E-state index >= 15 is 0 Å². The van der Waals surface area contributed by atoms with Gasteiger partial charge in [0.1, 0.15) is 23.4 Å². The van der Waals surface area contributed by atoms with Crippen molar-refractivity contribution in [3.05, 3.63) is 46.5 Å². The van der Waals surface area contributed by atoms with Gasteiger partial charge in [-0.3, -0.25) is 14.4 Å². The topological polar surface area (TPSA) is 138 Å². The molecule has 3 aliphatic heterocycles. The number of epoxide rings is 1. The molecular formula is C32H44ClN3O8S. The fourth-order valence-electron chi connectivity index (χ4n) is 5.35. The summed E-state index contributed by atoms with van der Waals surface area (Å²) in [5.41, 5.74) is 2.40. The number of anilines is 1. The number of thiol groups is 1. The number of ether oxygens (including phenoxy) is 3. The Balaban J connectivity index is 0.000000430. The molecule has 248 valence electrons. The lowest BCUT2D eigenvalue weighted by Gasteiger charge is -2.29. The Hall–Kier alpha value is -3.22. The molecule has 3 aliphatic rings. The number of likely N-dealkylation sites (N-methyl/N-ethyl adjacent to an activating group) is 1. The molecule has 0 radical (unpaired) electrons. The van der Waals surface area contributed by atoms with Crippen LogP contribution in [0.4, 0.5) is 10.5 Å². The molecular weight excluding hydrogens is 622 g/mol. The molecule has 0 saturated carbocycles. The van der Waals surface area contributed by atoms with Gasteiger partial charge in [-0.05, 0) is 56.6 Å². The molecule has 0 aliphatic carbocycles. The van der Waals surface area contributed by atoms with E-state index in [1.165, 1.54) is 11.9 Å². The number of nitrogens with one attached hydrogen (secondary N) is 1. The van der Waals surface area contributed by atoms with Crippen molar-refractivity contribution in [1.82, 2.24) is 10.2 Å². The van der Waals surface area contributed by atoms with E-state index in [2.05, 4.69) is 37.0 Å². The number of rotatable bonds is 5. The molecule has 4 unspecified atom stereocenters. The van der Waals surface area contributed by atoms with Crippen LogP contribution in [0.15, 0.2) is 35.9 Å². The predicted octanol–water partition coefficient (Wildman–Crippen LogP) is 4.80. The van der Waals surface area contributed by atoms with Crippen LogP contribution in [0.1, 0.15) is 57.9 Å². The van der Waals surface area contributed by atoms with Crippen LogP contribution < -0.4 is 15.0 Å². The van der Waals surface area contributed by atoms with Gasteiger partial charge in [-0.1, -0.05) is 35.4 Å². The second kappa shape index (κ2) is 16.4. The summed E-state index contributed by atoms with van der Waals surface area (Å²) in [5.74, 6) is -0.243. The molecule has 4 rings (SSSR count). The number of benzene rings is 1. The van der Waals surface area contributed by atoms with Gasteiger partial charge < -0.3 is 34.4 Å². The van der Waals surface area contributed by atoms with E-state index in [4.69, 9.17) is 30.9 Å². The fourth-order valence-corrected chi connectivity index (χ4v) is 5.85. The highest BCUT2D eigenvalue weighted by Crippen LogP contribution is 2.44. The second-order valence-electron chi connectivity index (χ2n) is 11.8. The van der Waals surface area contributed by atoms with Crippen molar-refractivity contribution in [2.45, 2.75) is 82.6 Å². The lowest BCUT2D eigenvalue weighted by Crippen LogP contribution is -2.45. The zero-order chi connectivity index (χ0) is 33.3. The number of carbonyl (C=O) groups is 4. The predicted molar refractivity (Wildman–Crippen MR) is 175 cm³/mol. The number of carboxylic acids is 1. The third-order valence-electron chi connectivity index (χ3n) is 8.07. The second-order valence-corrected chi connectivity index (χ2v) is 12.6. The van der Waals surface area contributed by atoms with Crippen molar-refractivity contribution in [3.8, 4) is 5.75 Å². The number of nitrogens with zero attached hydrogens (tertiary/aromatic N) is 2. The number of amides is 3. The molecule has 11 nitrogen and oxygen atoms in total. The Morgan fingerprint density at radius 3 is 2.69 bits per heavy atom. The van der Waals surface area contributed by atoms with Gasteiger partial charge in [0.25, 0.3) is 0 Å². The highest BCUT2D eigenvalue weighted by Gasteiger charge is 2.53. The molecule has 45 heavy (non-hydrogen) atoms. The van der Waals surface area contributed by atoms with E-state index in [-0.39, 0.29) is 49.1 Å². The minimum absolute atomic E-state index is 0.0293. The van der Waals surface area contributed by atoms with Crippen molar-refractivity contribution in [2.24, 2.45) is 0 Å². The van der Waals surface area contributed by atoms with Crippen molar-refractivity contribution in [2.75, 3.05) is 38.4 Å². The Kier molecular flexibility index (Phi) is 13.2. The largest absolute Gasteiger partial charge is 0.495 e. The van der Waals surface area contributed by atoms with Crippen molar-refractivity contribution in [1.29, 1.82) is 0 Å². The molecule has 2 N–H and O–H groups in total. The van der Waals surface area contributed by atoms with Crippen LogP contribution in [0.5, 0.6) is 5.75 Å². The smallest absolute Gasteiger partial charge is 0.407 e. The monoisotopic (exact) mass is 665 g/mol.